The molecule has 0 saturated carbocycles. The van der Waals surface area contributed by atoms with Gasteiger partial charge in [-0.15, -0.1) is 12.3 Å². The normalized spacial score (nSPS) is 27.7. The molecule has 0 aromatic heterocycles. The molecule has 0 spiro atoms. The Morgan fingerprint density at radius 2 is 1.49 bits per heavy atom. The summed E-state index contributed by atoms with van der Waals surface area (Å²) in [5, 5.41) is 2.87. The van der Waals surface area contributed by atoms with Crippen molar-refractivity contribution in [1.29, 1.82) is 0 Å². The molecule has 2 saturated heterocycles. The minimum Gasteiger partial charge on any atom is -0.460 e. The van der Waals surface area contributed by atoms with Crippen LogP contribution in [0, 0.1) is 36.0 Å². The lowest BCUT2D eigenvalue weighted by molar-refractivity contribution is -0.170. The molecular formula is C41H60N4O8. The van der Waals surface area contributed by atoms with E-state index in [9.17, 15) is 28.8 Å². The average molecular weight is 737 g/mol. The number of nitrogens with one attached hydrogen (secondary N) is 1. The number of likely N-dealkylation sites (N-methyl/N-ethyl adjacent to an activating group) is 2. The lowest BCUT2D eigenvalue weighted by Crippen LogP contribution is -2.57. The van der Waals surface area contributed by atoms with E-state index in [1.54, 1.807) is 34.6 Å². The van der Waals surface area contributed by atoms with Crippen molar-refractivity contribution in [1.82, 2.24) is 20.0 Å². The molecule has 1 aromatic carbocycles. The molecule has 53 heavy (non-hydrogen) atoms. The highest BCUT2D eigenvalue weighted by molar-refractivity contribution is 5.95. The van der Waals surface area contributed by atoms with E-state index in [1.807, 2.05) is 44.2 Å². The van der Waals surface area contributed by atoms with Crippen molar-refractivity contribution in [3.63, 3.8) is 0 Å². The van der Waals surface area contributed by atoms with E-state index < -0.39 is 83.8 Å². The Morgan fingerprint density at radius 3 is 2.08 bits per heavy atom. The van der Waals surface area contributed by atoms with E-state index in [0.717, 1.165) is 5.56 Å². The molecular weight excluding hydrogens is 676 g/mol. The minimum atomic E-state index is -1.30. The van der Waals surface area contributed by atoms with Crippen LogP contribution in [0.2, 0.25) is 0 Å². The Balaban J connectivity index is 2.18. The third-order valence-electron chi connectivity index (χ3n) is 10.7. The van der Waals surface area contributed by atoms with Gasteiger partial charge in [-0.1, -0.05) is 85.2 Å². The number of unbranched alkanes of at least 4 members (excludes halogenated alkanes) is 1. The second-order valence-corrected chi connectivity index (χ2v) is 15.3. The summed E-state index contributed by atoms with van der Waals surface area (Å²) in [7, 11) is 3.02. The van der Waals surface area contributed by atoms with Crippen molar-refractivity contribution in [3.8, 4) is 12.3 Å². The van der Waals surface area contributed by atoms with E-state index in [2.05, 4.69) is 11.2 Å². The third-order valence-corrected chi connectivity index (χ3v) is 10.7. The number of ether oxygens (including phenoxy) is 2. The van der Waals surface area contributed by atoms with E-state index in [-0.39, 0.29) is 31.2 Å². The molecule has 8 atom stereocenters. The molecule has 3 rings (SSSR count). The summed E-state index contributed by atoms with van der Waals surface area (Å²) in [4.78, 5) is 89.2. The summed E-state index contributed by atoms with van der Waals surface area (Å²) in [6, 6.07) is 5.09. The summed E-state index contributed by atoms with van der Waals surface area (Å²) in [5.74, 6) is -2.85. The summed E-state index contributed by atoms with van der Waals surface area (Å²) in [5.41, 5.74) is 0.745. The number of cyclic esters (lactones) is 2. The maximum Gasteiger partial charge on any atom is 0.329 e. The Kier molecular flexibility index (Phi) is 15.9. The van der Waals surface area contributed by atoms with Crippen LogP contribution in [0.3, 0.4) is 0 Å². The molecule has 12 nitrogen and oxygen atoms in total. The van der Waals surface area contributed by atoms with Gasteiger partial charge in [-0.2, -0.15) is 0 Å². The number of carbonyl (C=O) groups is 6. The molecule has 12 heteroatoms. The molecule has 0 radical (unpaired) electrons. The van der Waals surface area contributed by atoms with Crippen LogP contribution in [-0.4, -0.2) is 107 Å². The van der Waals surface area contributed by atoms with Gasteiger partial charge in [-0.05, 0) is 49.0 Å². The number of nitrogens with zero attached hydrogens (tertiary/aromatic N) is 3. The SMILES string of the molecule is C#CCCCC1OC(=O)C(C(C)CC)N(C)C(=O)C2CCCN2C(=O)C(Cc2ccccc2)OC(=O)C(C(C)C)N(C)C(=O)C(C(C)C)NC(=O)C1C. The van der Waals surface area contributed by atoms with Gasteiger partial charge in [0.2, 0.25) is 17.7 Å². The maximum atomic E-state index is 14.5. The maximum absolute atomic E-state index is 14.5. The second kappa shape index (κ2) is 19.6. The van der Waals surface area contributed by atoms with Crippen molar-refractivity contribution in [3.05, 3.63) is 35.9 Å². The van der Waals surface area contributed by atoms with E-state index in [0.29, 0.717) is 32.1 Å². The molecule has 0 aliphatic carbocycles. The van der Waals surface area contributed by atoms with Gasteiger partial charge in [-0.25, -0.2) is 9.59 Å². The fourth-order valence-corrected chi connectivity index (χ4v) is 7.29. The van der Waals surface area contributed by atoms with Crippen LogP contribution < -0.4 is 5.32 Å². The number of amides is 4. The van der Waals surface area contributed by atoms with Crippen molar-refractivity contribution >= 4 is 35.6 Å². The summed E-state index contributed by atoms with van der Waals surface area (Å²) >= 11 is 0. The first-order valence-corrected chi connectivity index (χ1v) is 19.1. The van der Waals surface area contributed by atoms with E-state index in [1.165, 1.54) is 28.8 Å². The number of carbonyl (C=O) groups excluding carboxylic acids is 6. The fraction of sp³-hybridized carbons (Fsp3) is 0.659. The van der Waals surface area contributed by atoms with Crippen LogP contribution in [0.1, 0.15) is 92.6 Å². The molecule has 2 aliphatic rings. The highest BCUT2D eigenvalue weighted by Crippen LogP contribution is 2.27. The smallest absolute Gasteiger partial charge is 0.329 e. The van der Waals surface area contributed by atoms with Gasteiger partial charge in [0.1, 0.15) is 30.3 Å². The standard InChI is InChI=1S/C41H60N4O8/c1-11-13-15-22-31-28(8)36(46)42-33(25(3)4)39(49)43(9)34(26(5)6)40(50)53-32(24-29-19-16-14-17-20-29)38(48)45-23-18-21-30(45)37(47)44(10)35(27(7)12-2)41(51)52-31/h1,14,16-17,19-20,25-28,30-35H,12-13,15,18,21-24H2,2-10H3,(H,42,46). The number of fused-ring (bicyclic) bond motifs is 1. The highest BCUT2D eigenvalue weighted by atomic mass is 16.6. The number of benzene rings is 1. The quantitative estimate of drug-likeness (QED) is 0.228. The molecule has 0 bridgehead atoms. The van der Waals surface area contributed by atoms with Gasteiger partial charge in [-0.3, -0.25) is 19.2 Å². The number of rotatable bonds is 9. The van der Waals surface area contributed by atoms with Crippen LogP contribution >= 0.6 is 0 Å². The van der Waals surface area contributed by atoms with E-state index in [4.69, 9.17) is 15.9 Å². The van der Waals surface area contributed by atoms with Gasteiger partial charge in [0.25, 0.3) is 5.91 Å². The molecule has 1 N–H and O–H groups in total. The topological polar surface area (TPSA) is 143 Å². The predicted molar refractivity (Wildman–Crippen MR) is 201 cm³/mol. The molecule has 4 amide bonds. The van der Waals surface area contributed by atoms with Crippen molar-refractivity contribution < 1.29 is 38.2 Å². The van der Waals surface area contributed by atoms with Gasteiger partial charge < -0.3 is 29.5 Å². The summed E-state index contributed by atoms with van der Waals surface area (Å²) in [6.07, 6.45) is 5.96. The number of terminal acetylenes is 1. The number of hydrogen-bond donors (Lipinski definition) is 1. The van der Waals surface area contributed by atoms with Crippen LogP contribution in [0.4, 0.5) is 0 Å². The predicted octanol–water partition coefficient (Wildman–Crippen LogP) is 3.99. The lowest BCUT2D eigenvalue weighted by Gasteiger charge is -2.36. The van der Waals surface area contributed by atoms with Crippen LogP contribution in [-0.2, 0) is 44.7 Å². The van der Waals surface area contributed by atoms with Gasteiger partial charge in [0.15, 0.2) is 6.10 Å². The average Bonchev–Trinajstić information content (AvgIpc) is 3.61. The Morgan fingerprint density at radius 1 is 0.868 bits per heavy atom. The number of esters is 2. The van der Waals surface area contributed by atoms with Crippen LogP contribution in [0.25, 0.3) is 0 Å². The zero-order chi connectivity index (χ0) is 39.6. The Labute approximate surface area is 315 Å². The van der Waals surface area contributed by atoms with Crippen LogP contribution in [0.15, 0.2) is 30.3 Å². The fourth-order valence-electron chi connectivity index (χ4n) is 7.29. The minimum absolute atomic E-state index is 0.0482. The monoisotopic (exact) mass is 736 g/mol. The first-order valence-electron chi connectivity index (χ1n) is 19.1. The van der Waals surface area contributed by atoms with Crippen molar-refractivity contribution in [2.45, 2.75) is 130 Å². The molecule has 1 aromatic rings. The third kappa shape index (κ3) is 10.6. The second-order valence-electron chi connectivity index (χ2n) is 15.3. The molecule has 2 fully saturated rings. The molecule has 292 valence electrons. The molecule has 8 unspecified atom stereocenters. The largest absolute Gasteiger partial charge is 0.460 e. The van der Waals surface area contributed by atoms with Crippen LogP contribution in [0.5, 0.6) is 0 Å². The first kappa shape index (κ1) is 43.0. The Bertz CT molecular complexity index is 1490. The first-order chi connectivity index (χ1) is 25.0. The van der Waals surface area contributed by atoms with Gasteiger partial charge >= 0.3 is 11.9 Å². The van der Waals surface area contributed by atoms with Crippen molar-refractivity contribution in [2.75, 3.05) is 20.6 Å². The molecule has 2 aliphatic heterocycles. The van der Waals surface area contributed by atoms with Gasteiger partial charge in [0, 0.05) is 33.5 Å². The van der Waals surface area contributed by atoms with E-state index >= 15 is 0 Å². The lowest BCUT2D eigenvalue weighted by atomic mass is 9.94. The number of hydrogen-bond acceptors (Lipinski definition) is 8. The van der Waals surface area contributed by atoms with Gasteiger partial charge in [0.05, 0.1) is 5.92 Å². The zero-order valence-corrected chi connectivity index (χ0v) is 33.0. The van der Waals surface area contributed by atoms with Crippen molar-refractivity contribution in [2.24, 2.45) is 23.7 Å². The Hall–Kier alpha value is -4.40. The highest BCUT2D eigenvalue weighted by Gasteiger charge is 2.45. The summed E-state index contributed by atoms with van der Waals surface area (Å²) < 4.78 is 12.2. The molecule has 2 heterocycles. The zero-order valence-electron chi connectivity index (χ0n) is 33.0. The summed E-state index contributed by atoms with van der Waals surface area (Å²) in [6.45, 7) is 12.8.